The molecule has 2 unspecified atom stereocenters. The minimum Gasteiger partial charge on any atom is -0.507 e. The zero-order valence-corrected chi connectivity index (χ0v) is 26.8. The number of aliphatic hydroxyl groups excluding tert-OH is 1. The van der Waals surface area contributed by atoms with Crippen LogP contribution in [0.25, 0.3) is 5.76 Å². The average Bonchev–Trinajstić information content (AvgIpc) is 3.75. The van der Waals surface area contributed by atoms with Crippen molar-refractivity contribution >= 4 is 57.3 Å². The smallest absolute Gasteiger partial charge is 0.301 e. The molecule has 7 rings (SSSR count). The number of fused-ring (bicyclic) bond motifs is 1. The fraction of sp³-hybridized carbons (Fsp3) is 0.143. The van der Waals surface area contributed by atoms with Gasteiger partial charge in [0.15, 0.2) is 4.34 Å². The highest BCUT2D eigenvalue weighted by Gasteiger charge is 2.48. The van der Waals surface area contributed by atoms with Crippen molar-refractivity contribution in [3.63, 3.8) is 0 Å². The molecule has 8 nitrogen and oxygen atoms in total. The lowest BCUT2D eigenvalue weighted by Gasteiger charge is -2.23. The molecular formula is C35H26ClN3O5S2. The number of amides is 1. The van der Waals surface area contributed by atoms with Gasteiger partial charge in [-0.2, -0.15) is 0 Å². The molecule has 3 heterocycles. The summed E-state index contributed by atoms with van der Waals surface area (Å²) in [6.07, 6.45) is 0.680. The van der Waals surface area contributed by atoms with Crippen molar-refractivity contribution in [3.8, 4) is 17.2 Å². The normalized spacial score (nSPS) is 18.4. The molecule has 2 atom stereocenters. The van der Waals surface area contributed by atoms with Crippen molar-refractivity contribution in [1.29, 1.82) is 0 Å². The van der Waals surface area contributed by atoms with Crippen LogP contribution >= 0.6 is 34.7 Å². The number of hydrogen-bond donors (Lipinski definition) is 1. The predicted octanol–water partition coefficient (Wildman–Crippen LogP) is 8.23. The van der Waals surface area contributed by atoms with Crippen LogP contribution < -0.4 is 14.4 Å². The summed E-state index contributed by atoms with van der Waals surface area (Å²) in [6, 6.07) is 28.3. The lowest BCUT2D eigenvalue weighted by atomic mass is 9.94. The van der Waals surface area contributed by atoms with Gasteiger partial charge in [-0.15, -0.1) is 10.2 Å². The molecule has 2 aliphatic rings. The molecule has 1 fully saturated rings. The van der Waals surface area contributed by atoms with Crippen LogP contribution in [0, 0.1) is 0 Å². The Morgan fingerprint density at radius 3 is 2.61 bits per heavy atom. The fourth-order valence-corrected chi connectivity index (χ4v) is 7.71. The van der Waals surface area contributed by atoms with Gasteiger partial charge in [0.2, 0.25) is 5.13 Å². The summed E-state index contributed by atoms with van der Waals surface area (Å²) in [6.45, 7) is 1.97. The van der Waals surface area contributed by atoms with E-state index in [0.29, 0.717) is 44.2 Å². The number of benzene rings is 4. The molecule has 11 heteroatoms. The topological polar surface area (TPSA) is 102 Å². The number of anilines is 1. The summed E-state index contributed by atoms with van der Waals surface area (Å²) in [5.74, 6) is 0.526. The molecular weight excluding hydrogens is 642 g/mol. The number of carbonyl (C=O) groups is 2. The van der Waals surface area contributed by atoms with Gasteiger partial charge < -0.3 is 14.6 Å². The van der Waals surface area contributed by atoms with E-state index in [9.17, 15) is 14.7 Å². The van der Waals surface area contributed by atoms with Crippen LogP contribution in [0.4, 0.5) is 5.13 Å². The first-order valence-corrected chi connectivity index (χ1v) is 16.7. The maximum Gasteiger partial charge on any atom is 0.301 e. The van der Waals surface area contributed by atoms with Crippen molar-refractivity contribution in [3.05, 3.63) is 130 Å². The third-order valence-corrected chi connectivity index (χ3v) is 10.2. The Labute approximate surface area is 278 Å². The van der Waals surface area contributed by atoms with Crippen LogP contribution in [0.1, 0.15) is 35.2 Å². The minimum atomic E-state index is -0.989. The third kappa shape index (κ3) is 5.87. The SMILES string of the molecule is CC1Cc2cc(/C(O)=C3\C(=O)C(=O)N(c4nnc(SCc5ccccc5Cl)s4)C3c3cccc(Oc4ccccc4)c3)ccc2O1. The zero-order chi connectivity index (χ0) is 31.8. The van der Waals surface area contributed by atoms with E-state index in [2.05, 4.69) is 10.2 Å². The number of ether oxygens (including phenoxy) is 2. The molecule has 230 valence electrons. The second-order valence-electron chi connectivity index (χ2n) is 10.8. The Bertz CT molecular complexity index is 2000. The average molecular weight is 668 g/mol. The maximum absolute atomic E-state index is 13.8. The van der Waals surface area contributed by atoms with Crippen molar-refractivity contribution < 1.29 is 24.2 Å². The van der Waals surface area contributed by atoms with Gasteiger partial charge in [0.1, 0.15) is 29.1 Å². The van der Waals surface area contributed by atoms with E-state index < -0.39 is 17.7 Å². The Kier molecular flexibility index (Phi) is 8.25. The van der Waals surface area contributed by atoms with Crippen LogP contribution in [0.15, 0.2) is 107 Å². The molecule has 0 spiro atoms. The van der Waals surface area contributed by atoms with Gasteiger partial charge in [-0.05, 0) is 72.1 Å². The fourth-order valence-electron chi connectivity index (χ4n) is 5.56. The summed E-state index contributed by atoms with van der Waals surface area (Å²) in [5.41, 5.74) is 2.80. The Balaban J connectivity index is 1.29. The number of para-hydroxylation sites is 1. The largest absolute Gasteiger partial charge is 0.507 e. The molecule has 4 aromatic carbocycles. The number of hydrogen-bond acceptors (Lipinski definition) is 9. The van der Waals surface area contributed by atoms with Gasteiger partial charge >= 0.3 is 5.91 Å². The maximum atomic E-state index is 13.8. The number of halogens is 1. The lowest BCUT2D eigenvalue weighted by Crippen LogP contribution is -2.29. The van der Waals surface area contributed by atoms with E-state index in [-0.39, 0.29) is 22.6 Å². The minimum absolute atomic E-state index is 0.00714. The van der Waals surface area contributed by atoms with Crippen molar-refractivity contribution in [2.24, 2.45) is 0 Å². The van der Waals surface area contributed by atoms with Gasteiger partial charge in [-0.3, -0.25) is 14.5 Å². The Morgan fingerprint density at radius 1 is 1.00 bits per heavy atom. The number of Topliss-reactive ketones (excluding diaryl/α,β-unsaturated/α-hetero) is 1. The molecule has 0 radical (unpaired) electrons. The molecule has 0 saturated carbocycles. The molecule has 0 aliphatic carbocycles. The van der Waals surface area contributed by atoms with Gasteiger partial charge in [0, 0.05) is 22.8 Å². The van der Waals surface area contributed by atoms with E-state index in [1.165, 1.54) is 28.0 Å². The van der Waals surface area contributed by atoms with Gasteiger partial charge in [-0.25, -0.2) is 0 Å². The van der Waals surface area contributed by atoms with E-state index in [1.807, 2.05) is 67.6 Å². The second-order valence-corrected chi connectivity index (χ2v) is 13.4. The van der Waals surface area contributed by atoms with Crippen molar-refractivity contribution in [2.45, 2.75) is 35.6 Å². The van der Waals surface area contributed by atoms with Crippen molar-refractivity contribution in [1.82, 2.24) is 10.2 Å². The highest BCUT2D eigenvalue weighted by Crippen LogP contribution is 2.45. The standard InChI is InChI=1S/C35H26ClN3O5S2/c1-20-16-24-17-22(14-15-28(24)43-20)31(40)29-30(21-9-7-12-26(18-21)44-25-10-3-2-4-11-25)39(33(42)32(29)41)34-37-38-35(46-34)45-19-23-8-5-6-13-27(23)36/h2-15,17-18,20,30,40H,16,19H2,1H3/b31-29+. The molecule has 1 saturated heterocycles. The van der Waals surface area contributed by atoms with Gasteiger partial charge in [0.25, 0.3) is 5.78 Å². The summed E-state index contributed by atoms with van der Waals surface area (Å²) < 4.78 is 12.5. The number of thioether (sulfide) groups is 1. The second kappa shape index (κ2) is 12.6. The van der Waals surface area contributed by atoms with Crippen LogP contribution in [0.3, 0.4) is 0 Å². The number of aromatic nitrogens is 2. The first kappa shape index (κ1) is 30.0. The van der Waals surface area contributed by atoms with Gasteiger partial charge in [-0.1, -0.05) is 83.2 Å². The van der Waals surface area contributed by atoms with Crippen LogP contribution in [0.2, 0.25) is 5.02 Å². The Hall–Kier alpha value is -4.64. The van der Waals surface area contributed by atoms with Crippen LogP contribution in [0.5, 0.6) is 17.2 Å². The quantitative estimate of drug-likeness (QED) is 0.0581. The summed E-state index contributed by atoms with van der Waals surface area (Å²) >= 11 is 8.96. The van der Waals surface area contributed by atoms with Crippen molar-refractivity contribution in [2.75, 3.05) is 4.90 Å². The van der Waals surface area contributed by atoms with E-state index in [4.69, 9.17) is 21.1 Å². The van der Waals surface area contributed by atoms with Gasteiger partial charge in [0.05, 0.1) is 11.6 Å². The number of rotatable bonds is 8. The lowest BCUT2D eigenvalue weighted by molar-refractivity contribution is -0.132. The molecule has 46 heavy (non-hydrogen) atoms. The zero-order valence-electron chi connectivity index (χ0n) is 24.4. The summed E-state index contributed by atoms with van der Waals surface area (Å²) in [7, 11) is 0. The number of aliphatic hydroxyl groups is 1. The number of ketones is 1. The highest BCUT2D eigenvalue weighted by molar-refractivity contribution is 8.00. The summed E-state index contributed by atoms with van der Waals surface area (Å²) in [4.78, 5) is 28.9. The number of nitrogens with zero attached hydrogens (tertiary/aromatic N) is 3. The Morgan fingerprint density at radius 2 is 1.78 bits per heavy atom. The third-order valence-electron chi connectivity index (χ3n) is 7.68. The predicted molar refractivity (Wildman–Crippen MR) is 179 cm³/mol. The molecule has 1 N–H and O–H groups in total. The van der Waals surface area contributed by atoms with E-state index in [1.54, 1.807) is 36.4 Å². The first-order valence-electron chi connectivity index (χ1n) is 14.5. The monoisotopic (exact) mass is 667 g/mol. The summed E-state index contributed by atoms with van der Waals surface area (Å²) in [5, 5.41) is 21.2. The number of carbonyl (C=O) groups excluding carboxylic acids is 2. The molecule has 1 aromatic heterocycles. The van der Waals surface area contributed by atoms with E-state index >= 15 is 0 Å². The molecule has 0 bridgehead atoms. The van der Waals surface area contributed by atoms with Crippen LogP contribution in [-0.2, 0) is 21.8 Å². The molecule has 1 amide bonds. The molecule has 2 aliphatic heterocycles. The highest BCUT2D eigenvalue weighted by atomic mass is 35.5. The van der Waals surface area contributed by atoms with Crippen LogP contribution in [-0.4, -0.2) is 33.1 Å². The van der Waals surface area contributed by atoms with E-state index in [0.717, 1.165) is 16.9 Å². The first-order chi connectivity index (χ1) is 22.4. The molecule has 5 aromatic rings.